The van der Waals surface area contributed by atoms with Gasteiger partial charge in [0.15, 0.2) is 0 Å². The van der Waals surface area contributed by atoms with Crippen LogP contribution in [0.2, 0.25) is 0 Å². The first-order chi connectivity index (χ1) is 9.69. The Kier molecular flexibility index (Phi) is 7.54. The molecule has 1 aliphatic heterocycles. The third-order valence-corrected chi connectivity index (χ3v) is 3.80. The van der Waals surface area contributed by atoms with Gasteiger partial charge < -0.3 is 15.4 Å². The Labute approximate surface area is 133 Å². The van der Waals surface area contributed by atoms with E-state index in [4.69, 9.17) is 4.74 Å². The Morgan fingerprint density at radius 2 is 2.19 bits per heavy atom. The fourth-order valence-electron chi connectivity index (χ4n) is 2.72. The maximum Gasteiger partial charge on any atom is 0.220 e. The molecule has 1 saturated heterocycles. The maximum absolute atomic E-state index is 12.0. The van der Waals surface area contributed by atoms with Crippen molar-refractivity contribution in [1.29, 1.82) is 0 Å². The number of nitrogens with one attached hydrogen (secondary N) is 2. The van der Waals surface area contributed by atoms with E-state index in [2.05, 4.69) is 17.6 Å². The van der Waals surface area contributed by atoms with E-state index in [1.807, 2.05) is 24.3 Å². The summed E-state index contributed by atoms with van der Waals surface area (Å²) in [6.07, 6.45) is 3.26. The molecule has 2 unspecified atom stereocenters. The van der Waals surface area contributed by atoms with Gasteiger partial charge in [-0.3, -0.25) is 4.79 Å². The van der Waals surface area contributed by atoms with Crippen LogP contribution in [0.1, 0.15) is 31.7 Å². The summed E-state index contributed by atoms with van der Waals surface area (Å²) in [5.41, 5.74) is 1.09. The number of halogens is 1. The van der Waals surface area contributed by atoms with Crippen LogP contribution >= 0.6 is 12.4 Å². The highest BCUT2D eigenvalue weighted by atomic mass is 35.5. The average molecular weight is 313 g/mol. The number of hydrogen-bond donors (Lipinski definition) is 2. The predicted molar refractivity (Wildman–Crippen MR) is 87.2 cm³/mol. The van der Waals surface area contributed by atoms with Crippen molar-refractivity contribution in [3.05, 3.63) is 29.8 Å². The Balaban J connectivity index is 0.00000220. The van der Waals surface area contributed by atoms with Crippen LogP contribution in [-0.2, 0) is 11.2 Å². The van der Waals surface area contributed by atoms with Crippen LogP contribution in [0.5, 0.6) is 5.75 Å². The number of piperidine rings is 1. The second-order valence-corrected chi connectivity index (χ2v) is 5.46. The number of carbonyl (C=O) groups excluding carboxylic acids is 1. The molecule has 4 nitrogen and oxygen atoms in total. The van der Waals surface area contributed by atoms with Crippen molar-refractivity contribution in [3.63, 3.8) is 0 Å². The molecule has 118 valence electrons. The van der Waals surface area contributed by atoms with Gasteiger partial charge in [0.25, 0.3) is 0 Å². The molecular formula is C16H25ClN2O2. The largest absolute Gasteiger partial charge is 0.496 e. The minimum atomic E-state index is 0. The smallest absolute Gasteiger partial charge is 0.220 e. The molecule has 2 N–H and O–H groups in total. The van der Waals surface area contributed by atoms with Crippen LogP contribution in [-0.4, -0.2) is 31.6 Å². The van der Waals surface area contributed by atoms with E-state index >= 15 is 0 Å². The van der Waals surface area contributed by atoms with Crippen molar-refractivity contribution in [2.24, 2.45) is 0 Å². The summed E-state index contributed by atoms with van der Waals surface area (Å²) < 4.78 is 5.30. The first-order valence-corrected chi connectivity index (χ1v) is 7.33. The van der Waals surface area contributed by atoms with Gasteiger partial charge in [0.2, 0.25) is 5.91 Å². The molecule has 1 aliphatic rings. The van der Waals surface area contributed by atoms with Gasteiger partial charge in [0.1, 0.15) is 5.75 Å². The molecule has 1 fully saturated rings. The second-order valence-electron chi connectivity index (χ2n) is 5.46. The zero-order chi connectivity index (χ0) is 14.4. The van der Waals surface area contributed by atoms with Crippen molar-refractivity contribution in [3.8, 4) is 5.75 Å². The highest BCUT2D eigenvalue weighted by Gasteiger charge is 2.19. The lowest BCUT2D eigenvalue weighted by Gasteiger charge is -2.28. The van der Waals surface area contributed by atoms with Crippen molar-refractivity contribution < 1.29 is 9.53 Å². The van der Waals surface area contributed by atoms with Gasteiger partial charge in [-0.05, 0) is 44.4 Å². The number of amides is 1. The molecule has 1 amide bonds. The van der Waals surface area contributed by atoms with Crippen LogP contribution < -0.4 is 15.4 Å². The van der Waals surface area contributed by atoms with Crippen molar-refractivity contribution in [2.45, 2.75) is 44.7 Å². The highest BCUT2D eigenvalue weighted by Crippen LogP contribution is 2.18. The summed E-state index contributed by atoms with van der Waals surface area (Å²) >= 11 is 0. The van der Waals surface area contributed by atoms with E-state index in [-0.39, 0.29) is 18.3 Å². The monoisotopic (exact) mass is 312 g/mol. The standard InChI is InChI=1S/C16H24N2O2.ClH/c1-12-11-14(9-10-17-12)18-16(19)8-7-13-5-3-4-6-15(13)20-2;/h3-6,12,14,17H,7-11H2,1-2H3,(H,18,19);1H. The Hall–Kier alpha value is -1.26. The molecule has 0 aromatic heterocycles. The first kappa shape index (κ1) is 17.8. The normalized spacial score (nSPS) is 21.2. The first-order valence-electron chi connectivity index (χ1n) is 7.33. The third kappa shape index (κ3) is 5.56. The lowest BCUT2D eigenvalue weighted by atomic mass is 10.00. The average Bonchev–Trinajstić information content (AvgIpc) is 2.45. The summed E-state index contributed by atoms with van der Waals surface area (Å²) in [7, 11) is 1.66. The fourth-order valence-corrected chi connectivity index (χ4v) is 2.72. The zero-order valence-electron chi connectivity index (χ0n) is 12.7. The van der Waals surface area contributed by atoms with Gasteiger partial charge >= 0.3 is 0 Å². The van der Waals surface area contributed by atoms with Crippen LogP contribution in [0.15, 0.2) is 24.3 Å². The summed E-state index contributed by atoms with van der Waals surface area (Å²) in [6.45, 7) is 3.14. The second kappa shape index (κ2) is 8.90. The van der Waals surface area contributed by atoms with Gasteiger partial charge in [-0.15, -0.1) is 12.4 Å². The number of ether oxygens (including phenoxy) is 1. The van der Waals surface area contributed by atoms with Gasteiger partial charge in [-0.1, -0.05) is 18.2 Å². The van der Waals surface area contributed by atoms with Gasteiger partial charge in [-0.2, -0.15) is 0 Å². The summed E-state index contributed by atoms with van der Waals surface area (Å²) in [6, 6.07) is 8.67. The Morgan fingerprint density at radius 3 is 2.90 bits per heavy atom. The molecule has 2 atom stereocenters. The molecule has 21 heavy (non-hydrogen) atoms. The molecule has 1 heterocycles. The summed E-state index contributed by atoms with van der Waals surface area (Å²) in [5, 5.41) is 6.53. The molecule has 1 aromatic rings. The van der Waals surface area contributed by atoms with Gasteiger partial charge in [-0.25, -0.2) is 0 Å². The fraction of sp³-hybridized carbons (Fsp3) is 0.562. The number of rotatable bonds is 5. The van der Waals surface area contributed by atoms with Gasteiger partial charge in [0, 0.05) is 18.5 Å². The lowest BCUT2D eigenvalue weighted by Crippen LogP contribution is -2.46. The van der Waals surface area contributed by atoms with E-state index in [9.17, 15) is 4.79 Å². The number of carbonyl (C=O) groups is 1. The van der Waals surface area contributed by atoms with E-state index < -0.39 is 0 Å². The quantitative estimate of drug-likeness (QED) is 0.877. The molecular weight excluding hydrogens is 288 g/mol. The highest BCUT2D eigenvalue weighted by molar-refractivity contribution is 5.85. The molecule has 0 radical (unpaired) electrons. The Morgan fingerprint density at radius 1 is 1.43 bits per heavy atom. The van der Waals surface area contributed by atoms with Crippen LogP contribution in [0, 0.1) is 0 Å². The van der Waals surface area contributed by atoms with E-state index in [1.165, 1.54) is 0 Å². The van der Waals surface area contributed by atoms with E-state index in [1.54, 1.807) is 7.11 Å². The van der Waals surface area contributed by atoms with Crippen molar-refractivity contribution in [2.75, 3.05) is 13.7 Å². The molecule has 1 aromatic carbocycles. The topological polar surface area (TPSA) is 50.4 Å². The number of benzene rings is 1. The molecule has 2 rings (SSSR count). The molecule has 0 bridgehead atoms. The number of para-hydroxylation sites is 1. The van der Waals surface area contributed by atoms with Crippen LogP contribution in [0.4, 0.5) is 0 Å². The van der Waals surface area contributed by atoms with Crippen LogP contribution in [0.3, 0.4) is 0 Å². The minimum Gasteiger partial charge on any atom is -0.496 e. The molecule has 0 aliphatic carbocycles. The van der Waals surface area contributed by atoms with E-state index in [0.29, 0.717) is 18.5 Å². The zero-order valence-corrected chi connectivity index (χ0v) is 13.5. The van der Waals surface area contributed by atoms with Crippen LogP contribution in [0.25, 0.3) is 0 Å². The van der Waals surface area contributed by atoms with Crippen molar-refractivity contribution >= 4 is 18.3 Å². The van der Waals surface area contributed by atoms with Gasteiger partial charge in [0.05, 0.1) is 7.11 Å². The number of hydrogen-bond acceptors (Lipinski definition) is 3. The molecule has 5 heteroatoms. The predicted octanol–water partition coefficient (Wildman–Crippen LogP) is 2.31. The Bertz CT molecular complexity index is 454. The minimum absolute atomic E-state index is 0. The van der Waals surface area contributed by atoms with E-state index in [0.717, 1.165) is 37.1 Å². The van der Waals surface area contributed by atoms with Crippen molar-refractivity contribution in [1.82, 2.24) is 10.6 Å². The maximum atomic E-state index is 12.0. The molecule has 0 spiro atoms. The lowest BCUT2D eigenvalue weighted by molar-refractivity contribution is -0.122. The molecule has 0 saturated carbocycles. The summed E-state index contributed by atoms with van der Waals surface area (Å²) in [5.74, 6) is 0.991. The summed E-state index contributed by atoms with van der Waals surface area (Å²) in [4.78, 5) is 12.0. The third-order valence-electron chi connectivity index (χ3n) is 3.80. The SMILES string of the molecule is COc1ccccc1CCC(=O)NC1CCNC(C)C1.Cl. The number of methoxy groups -OCH3 is 1. The number of aryl methyl sites for hydroxylation is 1.